The predicted molar refractivity (Wildman–Crippen MR) is 111 cm³/mol. The van der Waals surface area contributed by atoms with Crippen LogP contribution in [-0.4, -0.2) is 26.9 Å². The summed E-state index contributed by atoms with van der Waals surface area (Å²) in [6.07, 6.45) is 2.73. The van der Waals surface area contributed by atoms with Gasteiger partial charge in [0.1, 0.15) is 0 Å². The first-order chi connectivity index (χ1) is 13.2. The average molecular weight is 383 g/mol. The topological polar surface area (TPSA) is 76.0 Å². The molecular formula is C22H30N4O2. The summed E-state index contributed by atoms with van der Waals surface area (Å²) in [6, 6.07) is 7.80. The number of carbonyl (C=O) groups is 2. The minimum Gasteiger partial charge on any atom is -0.345 e. The molecule has 1 aromatic carbocycles. The summed E-state index contributed by atoms with van der Waals surface area (Å²) in [7, 11) is 0. The Morgan fingerprint density at radius 1 is 1.11 bits per heavy atom. The number of nitrogens with one attached hydrogen (secondary N) is 2. The lowest BCUT2D eigenvalue weighted by molar-refractivity contribution is 0.0903. The van der Waals surface area contributed by atoms with Crippen LogP contribution in [0.25, 0.3) is 0 Å². The number of hydrogen-bond acceptors (Lipinski definition) is 3. The van der Waals surface area contributed by atoms with E-state index in [0.29, 0.717) is 24.0 Å². The van der Waals surface area contributed by atoms with E-state index in [2.05, 4.69) is 29.5 Å². The second-order valence-electron chi connectivity index (χ2n) is 8.74. The maximum atomic E-state index is 13.1. The van der Waals surface area contributed by atoms with Gasteiger partial charge in [-0.05, 0) is 57.6 Å². The molecule has 0 saturated carbocycles. The lowest BCUT2D eigenvalue weighted by atomic mass is 10.0. The SMILES string of the molecule is CC(C)c1ccccc1NC(=O)c1nc(C(=O)NC(C)(C)C)n2c1CCCC2. The molecule has 0 unspecified atom stereocenters. The van der Waals surface area contributed by atoms with Crippen molar-refractivity contribution in [3.63, 3.8) is 0 Å². The van der Waals surface area contributed by atoms with E-state index >= 15 is 0 Å². The van der Waals surface area contributed by atoms with Gasteiger partial charge in [-0.15, -0.1) is 0 Å². The lowest BCUT2D eigenvalue weighted by Gasteiger charge is -2.22. The Bertz CT molecular complexity index is 890. The maximum Gasteiger partial charge on any atom is 0.287 e. The van der Waals surface area contributed by atoms with Crippen LogP contribution in [0.3, 0.4) is 0 Å². The number of carbonyl (C=O) groups excluding carboxylic acids is 2. The van der Waals surface area contributed by atoms with Crippen molar-refractivity contribution in [2.75, 3.05) is 5.32 Å². The highest BCUT2D eigenvalue weighted by Gasteiger charge is 2.29. The third kappa shape index (κ3) is 4.26. The van der Waals surface area contributed by atoms with E-state index in [4.69, 9.17) is 0 Å². The van der Waals surface area contributed by atoms with Crippen molar-refractivity contribution in [3.8, 4) is 0 Å². The average Bonchev–Trinajstić information content (AvgIpc) is 3.00. The van der Waals surface area contributed by atoms with Gasteiger partial charge in [0.2, 0.25) is 0 Å². The quantitative estimate of drug-likeness (QED) is 0.835. The highest BCUT2D eigenvalue weighted by molar-refractivity contribution is 6.05. The third-order valence-corrected chi connectivity index (χ3v) is 4.86. The summed E-state index contributed by atoms with van der Waals surface area (Å²) >= 11 is 0. The second-order valence-corrected chi connectivity index (χ2v) is 8.74. The van der Waals surface area contributed by atoms with E-state index in [1.807, 2.05) is 49.6 Å². The monoisotopic (exact) mass is 382 g/mol. The Kier molecular flexibility index (Phi) is 5.59. The van der Waals surface area contributed by atoms with Gasteiger partial charge in [0.15, 0.2) is 11.5 Å². The number of anilines is 1. The minimum absolute atomic E-state index is 0.239. The molecule has 28 heavy (non-hydrogen) atoms. The van der Waals surface area contributed by atoms with Crippen LogP contribution in [0, 0.1) is 0 Å². The molecule has 150 valence electrons. The molecule has 6 heteroatoms. The molecule has 0 bridgehead atoms. The van der Waals surface area contributed by atoms with E-state index < -0.39 is 0 Å². The van der Waals surface area contributed by atoms with Crippen LogP contribution < -0.4 is 10.6 Å². The lowest BCUT2D eigenvalue weighted by Crippen LogP contribution is -2.42. The van der Waals surface area contributed by atoms with Gasteiger partial charge < -0.3 is 15.2 Å². The van der Waals surface area contributed by atoms with Gasteiger partial charge in [0.05, 0.1) is 5.69 Å². The molecule has 2 heterocycles. The largest absolute Gasteiger partial charge is 0.345 e. The van der Waals surface area contributed by atoms with Crippen LogP contribution >= 0.6 is 0 Å². The molecule has 1 aliphatic rings. The molecule has 2 N–H and O–H groups in total. The molecule has 3 rings (SSSR count). The molecule has 2 aromatic rings. The molecule has 1 aliphatic heterocycles. The van der Waals surface area contributed by atoms with Crippen molar-refractivity contribution in [3.05, 3.63) is 47.0 Å². The second kappa shape index (κ2) is 7.78. The summed E-state index contributed by atoms with van der Waals surface area (Å²) in [6.45, 7) is 10.7. The highest BCUT2D eigenvalue weighted by atomic mass is 16.2. The number of fused-ring (bicyclic) bond motifs is 1. The summed E-state index contributed by atoms with van der Waals surface area (Å²) in [4.78, 5) is 30.3. The molecule has 6 nitrogen and oxygen atoms in total. The van der Waals surface area contributed by atoms with Gasteiger partial charge in [-0.3, -0.25) is 9.59 Å². The Labute approximate surface area is 166 Å². The third-order valence-electron chi connectivity index (χ3n) is 4.86. The fourth-order valence-corrected chi connectivity index (χ4v) is 3.59. The molecule has 1 aromatic heterocycles. The van der Waals surface area contributed by atoms with Crippen LogP contribution in [-0.2, 0) is 13.0 Å². The van der Waals surface area contributed by atoms with Gasteiger partial charge in [-0.25, -0.2) is 4.98 Å². The van der Waals surface area contributed by atoms with E-state index in [1.54, 1.807) is 0 Å². The summed E-state index contributed by atoms with van der Waals surface area (Å²) < 4.78 is 1.91. The van der Waals surface area contributed by atoms with Gasteiger partial charge in [-0.2, -0.15) is 0 Å². The number of para-hydroxylation sites is 1. The van der Waals surface area contributed by atoms with Crippen molar-refractivity contribution in [2.45, 2.75) is 71.9 Å². The Hall–Kier alpha value is -2.63. The van der Waals surface area contributed by atoms with E-state index in [-0.39, 0.29) is 17.4 Å². The van der Waals surface area contributed by atoms with E-state index in [0.717, 1.165) is 36.2 Å². The van der Waals surface area contributed by atoms with Crippen molar-refractivity contribution in [1.82, 2.24) is 14.9 Å². The van der Waals surface area contributed by atoms with Crippen molar-refractivity contribution >= 4 is 17.5 Å². The van der Waals surface area contributed by atoms with Gasteiger partial charge in [-0.1, -0.05) is 32.0 Å². The number of benzene rings is 1. The van der Waals surface area contributed by atoms with Gasteiger partial charge in [0, 0.05) is 17.8 Å². The number of rotatable bonds is 4. The Balaban J connectivity index is 1.94. The number of imidazole rings is 1. The molecule has 2 amide bonds. The molecule has 0 saturated heterocycles. The molecule has 0 aliphatic carbocycles. The van der Waals surface area contributed by atoms with Gasteiger partial charge in [0.25, 0.3) is 11.8 Å². The van der Waals surface area contributed by atoms with Crippen LogP contribution in [0.1, 0.15) is 85.7 Å². The minimum atomic E-state index is -0.364. The summed E-state index contributed by atoms with van der Waals surface area (Å²) in [5, 5.41) is 5.97. The van der Waals surface area contributed by atoms with Gasteiger partial charge >= 0.3 is 0 Å². The van der Waals surface area contributed by atoms with Crippen molar-refractivity contribution in [1.29, 1.82) is 0 Å². The standard InChI is InChI=1S/C22H30N4O2/c1-14(2)15-10-6-7-11-16(15)23-20(27)18-17-12-8-9-13-26(17)19(24-18)21(28)25-22(3,4)5/h6-7,10-11,14H,8-9,12-13H2,1-5H3,(H,23,27)(H,25,28). The van der Waals surface area contributed by atoms with Crippen LogP contribution in [0.15, 0.2) is 24.3 Å². The smallest absolute Gasteiger partial charge is 0.287 e. The first-order valence-electron chi connectivity index (χ1n) is 9.99. The van der Waals surface area contributed by atoms with E-state index in [9.17, 15) is 9.59 Å². The zero-order valence-electron chi connectivity index (χ0n) is 17.4. The summed E-state index contributed by atoms with van der Waals surface area (Å²) in [5.74, 6) is 0.123. The fourth-order valence-electron chi connectivity index (χ4n) is 3.59. The number of hydrogen-bond donors (Lipinski definition) is 2. The van der Waals surface area contributed by atoms with E-state index in [1.165, 1.54) is 0 Å². The molecule has 0 fully saturated rings. The highest BCUT2D eigenvalue weighted by Crippen LogP contribution is 2.26. The van der Waals surface area contributed by atoms with Crippen LogP contribution in [0.5, 0.6) is 0 Å². The molecule has 0 spiro atoms. The Morgan fingerprint density at radius 2 is 1.82 bits per heavy atom. The zero-order chi connectivity index (χ0) is 20.5. The fraction of sp³-hybridized carbons (Fsp3) is 0.500. The first-order valence-corrected chi connectivity index (χ1v) is 9.99. The number of aromatic nitrogens is 2. The Morgan fingerprint density at radius 3 is 2.50 bits per heavy atom. The van der Waals surface area contributed by atoms with Crippen molar-refractivity contribution < 1.29 is 9.59 Å². The zero-order valence-corrected chi connectivity index (χ0v) is 17.4. The number of nitrogens with zero attached hydrogens (tertiary/aromatic N) is 2. The molecular weight excluding hydrogens is 352 g/mol. The van der Waals surface area contributed by atoms with Crippen LogP contribution in [0.2, 0.25) is 0 Å². The first kappa shape index (κ1) is 20.1. The maximum absolute atomic E-state index is 13.1. The van der Waals surface area contributed by atoms with Crippen LogP contribution in [0.4, 0.5) is 5.69 Å². The predicted octanol–water partition coefficient (Wildman–Crippen LogP) is 4.12. The molecule has 0 radical (unpaired) electrons. The van der Waals surface area contributed by atoms with Crippen molar-refractivity contribution in [2.24, 2.45) is 0 Å². The molecule has 0 atom stereocenters. The number of amides is 2. The normalized spacial score (nSPS) is 13.9. The summed E-state index contributed by atoms with van der Waals surface area (Å²) in [5.41, 5.74) is 2.72.